The molecule has 0 amide bonds. The van der Waals surface area contributed by atoms with Crippen LogP contribution in [0.4, 0.5) is 5.69 Å². The van der Waals surface area contributed by atoms with Crippen LogP contribution < -0.4 is 5.73 Å². The Labute approximate surface area is 77.5 Å². The van der Waals surface area contributed by atoms with E-state index in [0.717, 1.165) is 16.3 Å². The first-order valence-corrected chi connectivity index (χ1v) is 4.62. The van der Waals surface area contributed by atoms with Crippen LogP contribution in [0.1, 0.15) is 29.9 Å². The van der Waals surface area contributed by atoms with E-state index in [-0.39, 0.29) is 0 Å². The predicted octanol–water partition coefficient (Wildman–Crippen LogP) is 3.11. The summed E-state index contributed by atoms with van der Waals surface area (Å²) in [6.45, 7) is 1.98. The number of hydrogen-bond donors (Lipinski definition) is 1. The van der Waals surface area contributed by atoms with Crippen LogP contribution in [0.5, 0.6) is 0 Å². The summed E-state index contributed by atoms with van der Waals surface area (Å²) in [5.74, 6) is 0.705. The number of nitrogens with two attached hydrogens (primary N) is 1. The maximum Gasteiger partial charge on any atom is 0.0490 e. The highest BCUT2D eigenvalue weighted by Gasteiger charge is 2.26. The van der Waals surface area contributed by atoms with E-state index in [2.05, 4.69) is 6.07 Å². The van der Waals surface area contributed by atoms with Crippen molar-refractivity contribution in [2.75, 3.05) is 5.73 Å². The first-order chi connectivity index (χ1) is 5.70. The van der Waals surface area contributed by atoms with Gasteiger partial charge in [0.1, 0.15) is 0 Å². The molecule has 2 heteroatoms. The van der Waals surface area contributed by atoms with Gasteiger partial charge in [-0.25, -0.2) is 0 Å². The highest BCUT2D eigenvalue weighted by molar-refractivity contribution is 6.32. The van der Waals surface area contributed by atoms with Gasteiger partial charge in [-0.1, -0.05) is 17.7 Å². The van der Waals surface area contributed by atoms with Crippen molar-refractivity contribution in [3.8, 4) is 0 Å². The normalized spacial score (nSPS) is 16.5. The average Bonchev–Trinajstić information content (AvgIpc) is 2.84. The highest BCUT2D eigenvalue weighted by Crippen LogP contribution is 2.44. The third-order valence-electron chi connectivity index (χ3n) is 2.48. The summed E-state index contributed by atoms with van der Waals surface area (Å²) in [7, 11) is 0. The molecule has 1 aliphatic rings. The predicted molar refractivity (Wildman–Crippen MR) is 52.6 cm³/mol. The summed E-state index contributed by atoms with van der Waals surface area (Å²) >= 11 is 6.15. The Balaban J connectivity index is 2.49. The minimum atomic E-state index is 0.705. The van der Waals surface area contributed by atoms with E-state index >= 15 is 0 Å². The van der Waals surface area contributed by atoms with Crippen LogP contribution >= 0.6 is 11.6 Å². The van der Waals surface area contributed by atoms with E-state index < -0.39 is 0 Å². The molecule has 0 spiro atoms. The van der Waals surface area contributed by atoms with Gasteiger partial charge in [-0.3, -0.25) is 0 Å². The topological polar surface area (TPSA) is 26.0 Å². The van der Waals surface area contributed by atoms with Gasteiger partial charge in [0.05, 0.1) is 0 Å². The lowest BCUT2D eigenvalue weighted by Crippen LogP contribution is -1.93. The Morgan fingerprint density at radius 1 is 1.42 bits per heavy atom. The van der Waals surface area contributed by atoms with Gasteiger partial charge in [0, 0.05) is 10.7 Å². The molecule has 12 heavy (non-hydrogen) atoms. The molecule has 64 valence electrons. The molecular formula is C10H12ClN. The average molecular weight is 182 g/mol. The molecule has 0 aliphatic heterocycles. The first-order valence-electron chi connectivity index (χ1n) is 4.24. The summed E-state index contributed by atoms with van der Waals surface area (Å²) < 4.78 is 0. The molecule has 0 radical (unpaired) electrons. The van der Waals surface area contributed by atoms with Crippen LogP contribution in [0, 0.1) is 6.92 Å². The van der Waals surface area contributed by atoms with Crippen LogP contribution in [0.15, 0.2) is 12.1 Å². The van der Waals surface area contributed by atoms with Crippen molar-refractivity contribution in [3.05, 3.63) is 28.3 Å². The molecule has 2 N–H and O–H groups in total. The molecule has 0 bridgehead atoms. The van der Waals surface area contributed by atoms with E-state index in [1.165, 1.54) is 18.4 Å². The van der Waals surface area contributed by atoms with Crippen LogP contribution in [-0.4, -0.2) is 0 Å². The van der Waals surface area contributed by atoms with Crippen molar-refractivity contribution in [3.63, 3.8) is 0 Å². The third kappa shape index (κ3) is 1.18. The zero-order chi connectivity index (χ0) is 8.72. The lowest BCUT2D eigenvalue weighted by atomic mass is 10.1. The Kier molecular flexibility index (Phi) is 1.76. The van der Waals surface area contributed by atoms with Crippen molar-refractivity contribution in [1.82, 2.24) is 0 Å². The highest BCUT2D eigenvalue weighted by atomic mass is 35.5. The molecule has 2 rings (SSSR count). The Hall–Kier alpha value is -0.690. The van der Waals surface area contributed by atoms with Gasteiger partial charge >= 0.3 is 0 Å². The molecule has 0 saturated heterocycles. The molecule has 1 aromatic carbocycles. The minimum absolute atomic E-state index is 0.705. The van der Waals surface area contributed by atoms with Crippen LogP contribution in [-0.2, 0) is 0 Å². The standard InChI is InChI=1S/C10H12ClN/c1-6-9(12)5-4-8(10(6)11)7-2-3-7/h4-5,7H,2-3,12H2,1H3. The summed E-state index contributed by atoms with van der Waals surface area (Å²) in [6.07, 6.45) is 2.56. The van der Waals surface area contributed by atoms with Crippen molar-refractivity contribution >= 4 is 17.3 Å². The number of rotatable bonds is 1. The van der Waals surface area contributed by atoms with Crippen LogP contribution in [0.3, 0.4) is 0 Å². The Morgan fingerprint density at radius 3 is 2.67 bits per heavy atom. The van der Waals surface area contributed by atoms with E-state index in [0.29, 0.717) is 5.92 Å². The zero-order valence-corrected chi connectivity index (χ0v) is 7.86. The van der Waals surface area contributed by atoms with Gasteiger partial charge in [0.25, 0.3) is 0 Å². The van der Waals surface area contributed by atoms with E-state index in [1.807, 2.05) is 13.0 Å². The Morgan fingerprint density at radius 2 is 2.08 bits per heavy atom. The molecule has 1 aromatic rings. The van der Waals surface area contributed by atoms with E-state index in [9.17, 15) is 0 Å². The Bertz CT molecular complexity index is 316. The fraction of sp³-hybridized carbons (Fsp3) is 0.400. The smallest absolute Gasteiger partial charge is 0.0490 e. The fourth-order valence-electron chi connectivity index (χ4n) is 1.43. The lowest BCUT2D eigenvalue weighted by Gasteiger charge is -2.07. The molecule has 0 unspecified atom stereocenters. The van der Waals surface area contributed by atoms with E-state index in [1.54, 1.807) is 0 Å². The number of nitrogen functional groups attached to an aromatic ring is 1. The maximum atomic E-state index is 6.15. The maximum absolute atomic E-state index is 6.15. The van der Waals surface area contributed by atoms with Crippen molar-refractivity contribution in [2.24, 2.45) is 0 Å². The summed E-state index contributed by atoms with van der Waals surface area (Å²) in [4.78, 5) is 0. The largest absolute Gasteiger partial charge is 0.398 e. The molecule has 1 nitrogen and oxygen atoms in total. The van der Waals surface area contributed by atoms with Gasteiger partial charge < -0.3 is 5.73 Å². The molecule has 0 atom stereocenters. The number of halogens is 1. The van der Waals surface area contributed by atoms with Gasteiger partial charge in [-0.15, -0.1) is 0 Å². The molecule has 0 aromatic heterocycles. The quantitative estimate of drug-likeness (QED) is 0.662. The van der Waals surface area contributed by atoms with Gasteiger partial charge in [-0.2, -0.15) is 0 Å². The van der Waals surface area contributed by atoms with Crippen molar-refractivity contribution < 1.29 is 0 Å². The second-order valence-corrected chi connectivity index (χ2v) is 3.84. The van der Waals surface area contributed by atoms with Crippen molar-refractivity contribution in [2.45, 2.75) is 25.7 Å². The minimum Gasteiger partial charge on any atom is -0.398 e. The first kappa shape index (κ1) is 7.93. The summed E-state index contributed by atoms with van der Waals surface area (Å²) in [6, 6.07) is 4.01. The van der Waals surface area contributed by atoms with E-state index in [4.69, 9.17) is 17.3 Å². The van der Waals surface area contributed by atoms with Crippen molar-refractivity contribution in [1.29, 1.82) is 0 Å². The summed E-state index contributed by atoms with van der Waals surface area (Å²) in [5, 5.41) is 0.873. The molecule has 1 aliphatic carbocycles. The van der Waals surface area contributed by atoms with Crippen LogP contribution in [0.2, 0.25) is 5.02 Å². The SMILES string of the molecule is Cc1c(N)ccc(C2CC2)c1Cl. The number of benzene rings is 1. The fourth-order valence-corrected chi connectivity index (χ4v) is 1.76. The molecule has 0 heterocycles. The second-order valence-electron chi connectivity index (χ2n) is 3.46. The molecule has 1 fully saturated rings. The van der Waals surface area contributed by atoms with Crippen LogP contribution in [0.25, 0.3) is 0 Å². The van der Waals surface area contributed by atoms with Gasteiger partial charge in [-0.05, 0) is 42.9 Å². The summed E-state index contributed by atoms with van der Waals surface area (Å²) in [5.41, 5.74) is 8.83. The monoisotopic (exact) mass is 181 g/mol. The van der Waals surface area contributed by atoms with Gasteiger partial charge in [0.2, 0.25) is 0 Å². The van der Waals surface area contributed by atoms with Gasteiger partial charge in [0.15, 0.2) is 0 Å². The number of anilines is 1. The number of hydrogen-bond acceptors (Lipinski definition) is 1. The lowest BCUT2D eigenvalue weighted by molar-refractivity contribution is 1.12. The second kappa shape index (κ2) is 2.67. The molecule has 1 saturated carbocycles. The molecular weight excluding hydrogens is 170 g/mol. The zero-order valence-electron chi connectivity index (χ0n) is 7.10. The third-order valence-corrected chi connectivity index (χ3v) is 2.98.